The smallest absolute Gasteiger partial charge is 0.344 e. The molecule has 2 aromatic carbocycles. The van der Waals surface area contributed by atoms with Gasteiger partial charge >= 0.3 is 6.03 Å². The highest BCUT2D eigenvalue weighted by Crippen LogP contribution is 2.27. The molecule has 0 aromatic heterocycles. The molecule has 27 heavy (non-hydrogen) atoms. The molecule has 0 spiro atoms. The highest BCUT2D eigenvalue weighted by atomic mass is 16.5. The third-order valence-electron chi connectivity index (χ3n) is 4.47. The molecule has 140 valence electrons. The average molecular weight is 367 g/mol. The molecular weight excluding hydrogens is 346 g/mol. The Morgan fingerprint density at radius 2 is 1.85 bits per heavy atom. The molecule has 1 atom stereocenters. The van der Waals surface area contributed by atoms with Gasteiger partial charge in [0.05, 0.1) is 0 Å². The van der Waals surface area contributed by atoms with Gasteiger partial charge in [0.25, 0.3) is 11.8 Å². The summed E-state index contributed by atoms with van der Waals surface area (Å²) < 4.78 is 5.49. The van der Waals surface area contributed by atoms with Crippen molar-refractivity contribution in [2.45, 2.75) is 26.3 Å². The van der Waals surface area contributed by atoms with Crippen molar-refractivity contribution < 1.29 is 19.1 Å². The lowest BCUT2D eigenvalue weighted by Crippen LogP contribution is -2.49. The number of carbonyl (C=O) groups excluding carboxylic acids is 3. The first-order chi connectivity index (χ1) is 12.8. The summed E-state index contributed by atoms with van der Waals surface area (Å²) in [5.74, 6) is -0.587. The van der Waals surface area contributed by atoms with Crippen LogP contribution >= 0.6 is 0 Å². The van der Waals surface area contributed by atoms with E-state index in [-0.39, 0.29) is 6.61 Å². The second kappa shape index (κ2) is 7.11. The molecule has 1 saturated heterocycles. The van der Waals surface area contributed by atoms with Gasteiger partial charge in [0.15, 0.2) is 6.61 Å². The molecule has 1 fully saturated rings. The molecule has 4 amide bonds. The van der Waals surface area contributed by atoms with Gasteiger partial charge in [-0.15, -0.1) is 0 Å². The summed E-state index contributed by atoms with van der Waals surface area (Å²) in [5.41, 5.74) is 3.69. The third kappa shape index (κ3) is 3.62. The van der Waals surface area contributed by atoms with Crippen LogP contribution in [0.25, 0.3) is 0 Å². The van der Waals surface area contributed by atoms with Crippen LogP contribution in [0.5, 0.6) is 5.75 Å². The summed E-state index contributed by atoms with van der Waals surface area (Å²) in [6, 6.07) is 13.8. The Labute approximate surface area is 157 Å². The van der Waals surface area contributed by atoms with E-state index in [0.29, 0.717) is 16.3 Å². The Kier molecular flexibility index (Phi) is 4.85. The topological polar surface area (TPSA) is 87.7 Å². The van der Waals surface area contributed by atoms with E-state index in [1.807, 2.05) is 32.0 Å². The van der Waals surface area contributed by atoms with Crippen molar-refractivity contribution in [3.8, 4) is 5.75 Å². The number of amides is 4. The van der Waals surface area contributed by atoms with Crippen molar-refractivity contribution >= 4 is 17.8 Å². The summed E-state index contributed by atoms with van der Waals surface area (Å²) in [5, 5.41) is 3.32. The molecule has 2 aromatic rings. The number of ether oxygens (including phenoxy) is 1. The number of hydrazine groups is 1. The zero-order chi connectivity index (χ0) is 19.6. The van der Waals surface area contributed by atoms with Gasteiger partial charge in [-0.1, -0.05) is 48.0 Å². The number of nitrogens with one attached hydrogen (secondary N) is 2. The lowest BCUT2D eigenvalue weighted by molar-refractivity contribution is -0.139. The molecule has 0 radical (unpaired) electrons. The second-order valence-electron chi connectivity index (χ2n) is 6.65. The lowest BCUT2D eigenvalue weighted by atomic mass is 9.92. The standard InChI is InChI=1S/C20H21N3O4/c1-13-9-10-16(14(2)11-13)27-12-17(24)22-23-18(25)20(3,21-19(23)26)15-7-5-4-6-8-15/h4-11H,12H2,1-3H3,(H,21,26)(H,22,24)/t20-/m1/s1. The highest BCUT2D eigenvalue weighted by molar-refractivity contribution is 6.08. The maximum Gasteiger partial charge on any atom is 0.344 e. The van der Waals surface area contributed by atoms with E-state index in [1.165, 1.54) is 0 Å². The van der Waals surface area contributed by atoms with Crippen LogP contribution in [0.15, 0.2) is 48.5 Å². The van der Waals surface area contributed by atoms with E-state index >= 15 is 0 Å². The zero-order valence-electron chi connectivity index (χ0n) is 15.4. The Morgan fingerprint density at radius 3 is 2.52 bits per heavy atom. The predicted octanol–water partition coefficient (Wildman–Crippen LogP) is 2.18. The van der Waals surface area contributed by atoms with E-state index in [2.05, 4.69) is 10.7 Å². The molecule has 0 bridgehead atoms. The number of imide groups is 1. The van der Waals surface area contributed by atoms with Gasteiger partial charge < -0.3 is 10.1 Å². The van der Waals surface area contributed by atoms with Crippen LogP contribution < -0.4 is 15.5 Å². The fourth-order valence-corrected chi connectivity index (χ4v) is 2.97. The molecule has 1 aliphatic rings. The minimum Gasteiger partial charge on any atom is -0.483 e. The number of aryl methyl sites for hydroxylation is 2. The Bertz CT molecular complexity index is 897. The summed E-state index contributed by atoms with van der Waals surface area (Å²) >= 11 is 0. The Balaban J connectivity index is 1.66. The normalized spacial score (nSPS) is 19.0. The Morgan fingerprint density at radius 1 is 1.15 bits per heavy atom. The molecule has 2 N–H and O–H groups in total. The van der Waals surface area contributed by atoms with Gasteiger partial charge in [0.1, 0.15) is 11.3 Å². The predicted molar refractivity (Wildman–Crippen MR) is 98.7 cm³/mol. The first-order valence-electron chi connectivity index (χ1n) is 8.53. The van der Waals surface area contributed by atoms with Gasteiger partial charge in [-0.3, -0.25) is 15.0 Å². The monoisotopic (exact) mass is 367 g/mol. The molecule has 0 aliphatic carbocycles. The van der Waals surface area contributed by atoms with E-state index in [1.54, 1.807) is 37.3 Å². The molecule has 0 unspecified atom stereocenters. The van der Waals surface area contributed by atoms with Crippen LogP contribution in [-0.4, -0.2) is 29.5 Å². The van der Waals surface area contributed by atoms with Gasteiger partial charge in [0.2, 0.25) is 0 Å². The number of hydrogen-bond acceptors (Lipinski definition) is 4. The fourth-order valence-electron chi connectivity index (χ4n) is 2.97. The van der Waals surface area contributed by atoms with Crippen LogP contribution in [-0.2, 0) is 15.1 Å². The van der Waals surface area contributed by atoms with Crippen LogP contribution in [0.2, 0.25) is 0 Å². The fraction of sp³-hybridized carbons (Fsp3) is 0.250. The zero-order valence-corrected chi connectivity index (χ0v) is 15.4. The van der Waals surface area contributed by atoms with Crippen LogP contribution in [0, 0.1) is 13.8 Å². The summed E-state index contributed by atoms with van der Waals surface area (Å²) in [4.78, 5) is 37.1. The molecule has 1 aliphatic heterocycles. The second-order valence-corrected chi connectivity index (χ2v) is 6.65. The van der Waals surface area contributed by atoms with Gasteiger partial charge in [-0.05, 0) is 38.0 Å². The molecule has 7 heteroatoms. The molecule has 0 saturated carbocycles. The molecular formula is C20H21N3O4. The van der Waals surface area contributed by atoms with E-state index in [0.717, 1.165) is 11.1 Å². The number of rotatable bonds is 5. The van der Waals surface area contributed by atoms with Crippen LogP contribution in [0.4, 0.5) is 4.79 Å². The number of benzene rings is 2. The maximum atomic E-state index is 12.7. The summed E-state index contributed by atoms with van der Waals surface area (Å²) in [7, 11) is 0. The first-order valence-corrected chi connectivity index (χ1v) is 8.53. The van der Waals surface area contributed by atoms with Gasteiger partial charge in [-0.25, -0.2) is 4.79 Å². The van der Waals surface area contributed by atoms with Gasteiger partial charge in [0, 0.05) is 0 Å². The number of carbonyl (C=O) groups is 3. The molecule has 1 heterocycles. The van der Waals surface area contributed by atoms with Crippen molar-refractivity contribution in [3.63, 3.8) is 0 Å². The minimum absolute atomic E-state index is 0.316. The highest BCUT2D eigenvalue weighted by Gasteiger charge is 2.49. The maximum absolute atomic E-state index is 12.7. The number of hydrogen-bond donors (Lipinski definition) is 2. The Hall–Kier alpha value is -3.35. The molecule has 3 rings (SSSR count). The van der Waals surface area contributed by atoms with Crippen LogP contribution in [0.1, 0.15) is 23.6 Å². The summed E-state index contributed by atoms with van der Waals surface area (Å²) in [6.07, 6.45) is 0. The van der Waals surface area contributed by atoms with Gasteiger partial charge in [-0.2, -0.15) is 5.01 Å². The first kappa shape index (κ1) is 18.4. The van der Waals surface area contributed by atoms with Crippen molar-refractivity contribution in [2.75, 3.05) is 6.61 Å². The number of urea groups is 1. The molecule has 7 nitrogen and oxygen atoms in total. The van der Waals surface area contributed by atoms with Crippen LogP contribution in [0.3, 0.4) is 0 Å². The quantitative estimate of drug-likeness (QED) is 0.793. The largest absolute Gasteiger partial charge is 0.483 e. The minimum atomic E-state index is -1.24. The van der Waals surface area contributed by atoms with E-state index < -0.39 is 23.4 Å². The summed E-state index contributed by atoms with van der Waals surface area (Å²) in [6.45, 7) is 5.12. The average Bonchev–Trinajstić information content (AvgIpc) is 2.86. The lowest BCUT2D eigenvalue weighted by Gasteiger charge is -2.22. The van der Waals surface area contributed by atoms with Crippen molar-refractivity contribution in [2.24, 2.45) is 0 Å². The number of nitrogens with zero attached hydrogens (tertiary/aromatic N) is 1. The SMILES string of the molecule is Cc1ccc(OCC(=O)NN2C(=O)N[C@](C)(c3ccccc3)C2=O)c(C)c1. The third-order valence-corrected chi connectivity index (χ3v) is 4.47. The van der Waals surface area contributed by atoms with Crippen molar-refractivity contribution in [3.05, 3.63) is 65.2 Å². The van der Waals surface area contributed by atoms with E-state index in [4.69, 9.17) is 4.74 Å². The van der Waals surface area contributed by atoms with Crippen molar-refractivity contribution in [1.82, 2.24) is 15.8 Å². The van der Waals surface area contributed by atoms with Crippen molar-refractivity contribution in [1.29, 1.82) is 0 Å². The van der Waals surface area contributed by atoms with E-state index in [9.17, 15) is 14.4 Å².